The van der Waals surface area contributed by atoms with E-state index >= 15 is 0 Å². The average molecular weight is 365 g/mol. The predicted octanol–water partition coefficient (Wildman–Crippen LogP) is 3.67. The molecule has 138 valence electrons. The van der Waals surface area contributed by atoms with E-state index in [9.17, 15) is 9.59 Å². The van der Waals surface area contributed by atoms with Crippen LogP contribution in [-0.2, 0) is 16.0 Å². The number of benzene rings is 1. The molecule has 0 atom stereocenters. The Morgan fingerprint density at radius 1 is 1.04 bits per heavy atom. The highest BCUT2D eigenvalue weighted by atomic mass is 35.5. The van der Waals surface area contributed by atoms with Crippen molar-refractivity contribution in [2.75, 3.05) is 19.6 Å². The van der Waals surface area contributed by atoms with Crippen LogP contribution in [0.15, 0.2) is 24.3 Å². The first kappa shape index (κ1) is 19.8. The highest BCUT2D eigenvalue weighted by molar-refractivity contribution is 6.30. The minimum absolute atomic E-state index is 0.0472. The van der Waals surface area contributed by atoms with Gasteiger partial charge >= 0.3 is 0 Å². The maximum atomic E-state index is 12.4. The zero-order valence-electron chi connectivity index (χ0n) is 15.3. The molecule has 0 spiro atoms. The summed E-state index contributed by atoms with van der Waals surface area (Å²) in [6.07, 6.45) is 4.07. The lowest BCUT2D eigenvalue weighted by Gasteiger charge is -2.30. The summed E-state index contributed by atoms with van der Waals surface area (Å²) in [5.41, 5.74) is 1.17. The van der Waals surface area contributed by atoms with Crippen LogP contribution in [0.25, 0.3) is 0 Å². The molecule has 2 rings (SSSR count). The Morgan fingerprint density at radius 2 is 1.60 bits per heavy atom. The van der Waals surface area contributed by atoms with Gasteiger partial charge in [0, 0.05) is 36.5 Å². The lowest BCUT2D eigenvalue weighted by molar-refractivity contribution is -0.138. The molecule has 0 aromatic heterocycles. The van der Waals surface area contributed by atoms with Crippen molar-refractivity contribution < 1.29 is 9.59 Å². The van der Waals surface area contributed by atoms with Crippen LogP contribution in [0.1, 0.15) is 45.1 Å². The first-order valence-corrected chi connectivity index (χ1v) is 9.73. The molecule has 0 heterocycles. The van der Waals surface area contributed by atoms with E-state index in [2.05, 4.69) is 5.32 Å². The van der Waals surface area contributed by atoms with Crippen LogP contribution in [0.3, 0.4) is 0 Å². The largest absolute Gasteiger partial charge is 0.356 e. The third-order valence-electron chi connectivity index (χ3n) is 5.15. The van der Waals surface area contributed by atoms with Crippen LogP contribution >= 0.6 is 11.6 Å². The van der Waals surface area contributed by atoms with E-state index in [4.69, 9.17) is 11.6 Å². The third-order valence-corrected chi connectivity index (χ3v) is 5.40. The molecule has 1 aliphatic carbocycles. The van der Waals surface area contributed by atoms with Crippen LogP contribution in [-0.4, -0.2) is 36.3 Å². The molecule has 4 nitrogen and oxygen atoms in total. The fourth-order valence-electron chi connectivity index (χ4n) is 3.52. The molecule has 0 aliphatic heterocycles. The number of halogens is 1. The summed E-state index contributed by atoms with van der Waals surface area (Å²) < 4.78 is 0. The number of hydrogen-bond donors (Lipinski definition) is 1. The van der Waals surface area contributed by atoms with Gasteiger partial charge in [-0.2, -0.15) is 0 Å². The monoisotopic (exact) mass is 364 g/mol. The third kappa shape index (κ3) is 5.74. The molecule has 1 fully saturated rings. The molecule has 1 aromatic rings. The zero-order valence-corrected chi connectivity index (χ0v) is 16.0. The molecule has 1 aliphatic rings. The van der Waals surface area contributed by atoms with E-state index < -0.39 is 0 Å². The van der Waals surface area contributed by atoms with Crippen LogP contribution in [0.4, 0.5) is 0 Å². The van der Waals surface area contributed by atoms with Gasteiger partial charge in [-0.15, -0.1) is 0 Å². The number of nitrogens with one attached hydrogen (secondary N) is 1. The lowest BCUT2D eigenvalue weighted by Crippen LogP contribution is -2.40. The molecule has 0 bridgehead atoms. The van der Waals surface area contributed by atoms with Gasteiger partial charge in [-0.1, -0.05) is 23.7 Å². The summed E-state index contributed by atoms with van der Waals surface area (Å²) in [5.74, 6) is 0.526. The predicted molar refractivity (Wildman–Crippen MR) is 102 cm³/mol. The van der Waals surface area contributed by atoms with Crippen LogP contribution in [0.2, 0.25) is 5.02 Å². The normalized spacial score (nSPS) is 20.1. The molecule has 1 N–H and O–H groups in total. The first-order valence-electron chi connectivity index (χ1n) is 9.36. The summed E-state index contributed by atoms with van der Waals surface area (Å²) in [7, 11) is 0. The zero-order chi connectivity index (χ0) is 18.2. The van der Waals surface area contributed by atoms with E-state index in [0.717, 1.165) is 50.2 Å². The van der Waals surface area contributed by atoms with Crippen molar-refractivity contribution in [3.05, 3.63) is 34.9 Å². The van der Waals surface area contributed by atoms with Gasteiger partial charge in [-0.05, 0) is 63.6 Å². The minimum atomic E-state index is 0.0472. The standard InChI is InChI=1S/C20H29ClN2O2/c1-3-23(4-2)20(25)17-9-7-16(8-10-17)19(24)22-14-13-15-5-11-18(21)12-6-15/h5-6,11-12,16-17H,3-4,7-10,13-14H2,1-2H3,(H,22,24). The molecule has 5 heteroatoms. The van der Waals surface area contributed by atoms with Gasteiger partial charge in [0.2, 0.25) is 11.8 Å². The van der Waals surface area contributed by atoms with Crippen LogP contribution in [0.5, 0.6) is 0 Å². The summed E-state index contributed by atoms with van der Waals surface area (Å²) in [6, 6.07) is 7.71. The molecule has 1 saturated carbocycles. The Kier molecular flexibility index (Phi) is 7.76. The van der Waals surface area contributed by atoms with Gasteiger partial charge in [-0.3, -0.25) is 9.59 Å². The maximum absolute atomic E-state index is 12.4. The van der Waals surface area contributed by atoms with Gasteiger partial charge < -0.3 is 10.2 Å². The van der Waals surface area contributed by atoms with Crippen molar-refractivity contribution in [2.24, 2.45) is 11.8 Å². The Bertz CT molecular complexity index is 562. The van der Waals surface area contributed by atoms with Crippen molar-refractivity contribution in [3.8, 4) is 0 Å². The number of carbonyl (C=O) groups excluding carboxylic acids is 2. The number of rotatable bonds is 7. The van der Waals surface area contributed by atoms with Crippen LogP contribution in [0, 0.1) is 11.8 Å². The molecule has 0 saturated heterocycles. The highest BCUT2D eigenvalue weighted by Gasteiger charge is 2.31. The van der Waals surface area contributed by atoms with E-state index in [1.165, 1.54) is 5.56 Å². The number of hydrogen-bond acceptors (Lipinski definition) is 2. The second kappa shape index (κ2) is 9.81. The second-order valence-corrected chi connectivity index (χ2v) is 7.16. The van der Waals surface area contributed by atoms with E-state index in [1.54, 1.807) is 0 Å². The molecular formula is C20H29ClN2O2. The van der Waals surface area contributed by atoms with Crippen molar-refractivity contribution >= 4 is 23.4 Å². The molecule has 1 aromatic carbocycles. The summed E-state index contributed by atoms with van der Waals surface area (Å²) >= 11 is 5.87. The van der Waals surface area contributed by atoms with Gasteiger partial charge in [-0.25, -0.2) is 0 Å². The molecular weight excluding hydrogens is 336 g/mol. The van der Waals surface area contributed by atoms with Gasteiger partial charge in [0.1, 0.15) is 0 Å². The molecule has 0 radical (unpaired) electrons. The van der Waals surface area contributed by atoms with E-state index in [1.807, 2.05) is 43.0 Å². The van der Waals surface area contributed by atoms with Crippen LogP contribution < -0.4 is 5.32 Å². The summed E-state index contributed by atoms with van der Waals surface area (Å²) in [5, 5.41) is 3.76. The number of carbonyl (C=O) groups is 2. The number of amides is 2. The Hall–Kier alpha value is -1.55. The maximum Gasteiger partial charge on any atom is 0.225 e. The Morgan fingerprint density at radius 3 is 2.16 bits per heavy atom. The fourth-order valence-corrected chi connectivity index (χ4v) is 3.65. The second-order valence-electron chi connectivity index (χ2n) is 6.73. The smallest absolute Gasteiger partial charge is 0.225 e. The average Bonchev–Trinajstić information content (AvgIpc) is 2.64. The summed E-state index contributed by atoms with van der Waals surface area (Å²) in [6.45, 7) is 6.20. The van der Waals surface area contributed by atoms with E-state index in [-0.39, 0.29) is 23.7 Å². The topological polar surface area (TPSA) is 49.4 Å². The molecule has 2 amide bonds. The first-order chi connectivity index (χ1) is 12.0. The van der Waals surface area contributed by atoms with Crippen molar-refractivity contribution in [1.29, 1.82) is 0 Å². The molecule has 0 unspecified atom stereocenters. The van der Waals surface area contributed by atoms with Crippen molar-refractivity contribution in [2.45, 2.75) is 46.0 Å². The van der Waals surface area contributed by atoms with Gasteiger partial charge in [0.15, 0.2) is 0 Å². The highest BCUT2D eigenvalue weighted by Crippen LogP contribution is 2.30. The quantitative estimate of drug-likeness (QED) is 0.802. The number of nitrogens with zero attached hydrogens (tertiary/aromatic N) is 1. The molecule has 25 heavy (non-hydrogen) atoms. The fraction of sp³-hybridized carbons (Fsp3) is 0.600. The lowest BCUT2D eigenvalue weighted by atomic mass is 9.81. The van der Waals surface area contributed by atoms with Gasteiger partial charge in [0.05, 0.1) is 0 Å². The van der Waals surface area contributed by atoms with Crippen molar-refractivity contribution in [3.63, 3.8) is 0 Å². The van der Waals surface area contributed by atoms with Crippen molar-refractivity contribution in [1.82, 2.24) is 10.2 Å². The van der Waals surface area contributed by atoms with E-state index in [0.29, 0.717) is 6.54 Å². The Balaban J connectivity index is 1.72. The Labute approximate surface area is 155 Å². The minimum Gasteiger partial charge on any atom is -0.356 e. The SMILES string of the molecule is CCN(CC)C(=O)C1CCC(C(=O)NCCc2ccc(Cl)cc2)CC1. The summed E-state index contributed by atoms with van der Waals surface area (Å²) in [4.78, 5) is 26.6. The van der Waals surface area contributed by atoms with Gasteiger partial charge in [0.25, 0.3) is 0 Å².